The average molecular weight is 418 g/mol. The molecule has 1 aromatic rings. The molecule has 1 atom stereocenters. The third kappa shape index (κ3) is 6.39. The van der Waals surface area contributed by atoms with Crippen LogP contribution in [0.1, 0.15) is 25.5 Å². The number of hydrogen-bond donors (Lipinski definition) is 2. The normalized spacial score (nSPS) is 18.2. The number of hydrogen-bond acceptors (Lipinski definition) is 4. The van der Waals surface area contributed by atoms with Crippen LogP contribution in [0.5, 0.6) is 0 Å². The first kappa shape index (κ1) is 23.7. The lowest BCUT2D eigenvalue weighted by Crippen LogP contribution is -2.54. The quantitative estimate of drug-likeness (QED) is 0.737. The second kappa shape index (κ2) is 9.26. The van der Waals surface area contributed by atoms with E-state index < -0.39 is 30.3 Å². The summed E-state index contributed by atoms with van der Waals surface area (Å²) in [5, 5.41) is 13.5. The van der Waals surface area contributed by atoms with Crippen LogP contribution in [0, 0.1) is 6.92 Å². The third-order valence-corrected chi connectivity index (χ3v) is 4.06. The number of H-pyrrole nitrogens is 1. The van der Waals surface area contributed by atoms with Crippen LogP contribution in [-0.4, -0.2) is 70.1 Å². The summed E-state index contributed by atoms with van der Waals surface area (Å²) in [5.74, 6) is -4.58. The van der Waals surface area contributed by atoms with Crippen molar-refractivity contribution in [2.45, 2.75) is 45.1 Å². The van der Waals surface area contributed by atoms with E-state index in [-0.39, 0.29) is 5.69 Å². The molecule has 1 fully saturated rings. The molecular weight excluding hydrogens is 398 g/mol. The number of carboxylic acids is 1. The number of nitrogens with zero attached hydrogens (tertiary/aromatic N) is 3. The number of carboxylic acid groups (broad SMARTS) is 1. The van der Waals surface area contributed by atoms with E-state index in [1.807, 2.05) is 6.92 Å². The zero-order chi connectivity index (χ0) is 21.7. The Balaban J connectivity index is 0.000000480. The topological polar surface area (TPSA) is 89.5 Å². The number of nitrogens with one attached hydrogen (secondary N) is 1. The molecule has 7 nitrogen and oxygen atoms in total. The third-order valence-electron chi connectivity index (χ3n) is 4.06. The molecule has 2 rings (SSSR count). The lowest BCUT2D eigenvalue weighted by atomic mass is 10.0. The van der Waals surface area contributed by atoms with Crippen molar-refractivity contribution in [2.24, 2.45) is 0 Å². The number of likely N-dealkylation sites (tertiary alicyclic amines) is 1. The number of carbonyl (C=O) groups is 2. The van der Waals surface area contributed by atoms with Gasteiger partial charge in [-0.05, 0) is 32.9 Å². The summed E-state index contributed by atoms with van der Waals surface area (Å²) in [6.07, 6.45) is -7.36. The summed E-state index contributed by atoms with van der Waals surface area (Å²) in [4.78, 5) is 23.7. The van der Waals surface area contributed by atoms with Crippen LogP contribution in [-0.2, 0) is 9.59 Å². The van der Waals surface area contributed by atoms with Crippen molar-refractivity contribution in [1.82, 2.24) is 15.1 Å². The first-order valence-corrected chi connectivity index (χ1v) is 8.21. The van der Waals surface area contributed by atoms with Crippen LogP contribution in [0.2, 0.25) is 0 Å². The number of carbonyl (C=O) groups excluding carboxylic acids is 1. The summed E-state index contributed by atoms with van der Waals surface area (Å²) in [7, 11) is 0. The molecule has 0 radical (unpaired) electrons. The molecule has 1 unspecified atom stereocenters. The van der Waals surface area contributed by atoms with Gasteiger partial charge in [0.25, 0.3) is 0 Å². The predicted octanol–water partition coefficient (Wildman–Crippen LogP) is 2.73. The van der Waals surface area contributed by atoms with Gasteiger partial charge in [-0.15, -0.1) is 0 Å². The summed E-state index contributed by atoms with van der Waals surface area (Å²) in [5.41, 5.74) is 0.668. The van der Waals surface area contributed by atoms with Gasteiger partial charge in [-0.1, -0.05) is 6.92 Å². The standard InChI is InChI=1S/C13H19F3N4O.C2HF3O2/c1-3-19-6-4-5-10(8-19)20(12(21)13(14,15)16)11-7-17-18-9(11)2;3-2(4,5)1(6)7/h7,10H,3-6,8H2,1-2H3,(H,17,18);(H,6,7). The van der Waals surface area contributed by atoms with Crippen molar-refractivity contribution in [3.63, 3.8) is 0 Å². The van der Waals surface area contributed by atoms with E-state index in [0.717, 1.165) is 24.4 Å². The highest BCUT2D eigenvalue weighted by molar-refractivity contribution is 5.98. The number of aliphatic carboxylic acids is 1. The molecule has 0 aliphatic carbocycles. The highest BCUT2D eigenvalue weighted by Gasteiger charge is 2.46. The fourth-order valence-electron chi connectivity index (χ4n) is 2.72. The van der Waals surface area contributed by atoms with Gasteiger partial charge < -0.3 is 10.0 Å². The van der Waals surface area contributed by atoms with Gasteiger partial charge in [0.05, 0.1) is 23.6 Å². The Morgan fingerprint density at radius 3 is 2.25 bits per heavy atom. The molecule has 2 heterocycles. The highest BCUT2D eigenvalue weighted by atomic mass is 19.4. The minimum absolute atomic E-state index is 0.209. The Morgan fingerprint density at radius 1 is 1.29 bits per heavy atom. The van der Waals surface area contributed by atoms with Crippen molar-refractivity contribution in [2.75, 3.05) is 24.5 Å². The minimum atomic E-state index is -5.08. The van der Waals surface area contributed by atoms with Gasteiger partial charge in [0.15, 0.2) is 0 Å². The molecule has 1 saturated heterocycles. The van der Waals surface area contributed by atoms with Gasteiger partial charge in [-0.3, -0.25) is 14.8 Å². The fraction of sp³-hybridized carbons (Fsp3) is 0.667. The molecule has 1 amide bonds. The maximum atomic E-state index is 12.9. The molecule has 0 spiro atoms. The van der Waals surface area contributed by atoms with Gasteiger partial charge in [0.2, 0.25) is 0 Å². The van der Waals surface area contributed by atoms with Gasteiger partial charge in [-0.25, -0.2) is 4.79 Å². The van der Waals surface area contributed by atoms with Gasteiger partial charge in [-0.2, -0.15) is 31.4 Å². The smallest absolute Gasteiger partial charge is 0.475 e. The van der Waals surface area contributed by atoms with Crippen molar-refractivity contribution < 1.29 is 41.0 Å². The van der Waals surface area contributed by atoms with Crippen LogP contribution in [0.25, 0.3) is 0 Å². The van der Waals surface area contributed by atoms with E-state index in [4.69, 9.17) is 9.90 Å². The van der Waals surface area contributed by atoms with E-state index in [9.17, 15) is 31.1 Å². The SMILES string of the molecule is CCN1CCCC(N(C(=O)C(F)(F)F)c2cn[nH]c2C)C1.O=C(O)C(F)(F)F. The van der Waals surface area contributed by atoms with Crippen LogP contribution < -0.4 is 4.90 Å². The lowest BCUT2D eigenvalue weighted by Gasteiger charge is -2.38. The van der Waals surface area contributed by atoms with E-state index in [1.54, 1.807) is 6.92 Å². The van der Waals surface area contributed by atoms with Crippen LogP contribution in [0.4, 0.5) is 32.0 Å². The first-order chi connectivity index (χ1) is 12.8. The van der Waals surface area contributed by atoms with Crippen molar-refractivity contribution in [1.29, 1.82) is 0 Å². The van der Waals surface area contributed by atoms with Crippen LogP contribution in [0.15, 0.2) is 6.20 Å². The van der Waals surface area contributed by atoms with Gasteiger partial charge >= 0.3 is 24.2 Å². The van der Waals surface area contributed by atoms with Gasteiger partial charge in [0.1, 0.15) is 0 Å². The molecule has 0 saturated carbocycles. The van der Waals surface area contributed by atoms with E-state index in [0.29, 0.717) is 18.7 Å². The number of piperidine rings is 1. The Hall–Kier alpha value is -2.31. The Kier molecular flexibility index (Phi) is 7.84. The number of aryl methyl sites for hydroxylation is 1. The highest BCUT2D eigenvalue weighted by Crippen LogP contribution is 2.30. The second-order valence-electron chi connectivity index (χ2n) is 6.05. The fourth-order valence-corrected chi connectivity index (χ4v) is 2.72. The number of rotatable bonds is 3. The number of likely N-dealkylation sites (N-methyl/N-ethyl adjacent to an activating group) is 1. The van der Waals surface area contributed by atoms with Crippen molar-refractivity contribution in [3.8, 4) is 0 Å². The zero-order valence-corrected chi connectivity index (χ0v) is 15.1. The number of amides is 1. The number of anilines is 1. The summed E-state index contributed by atoms with van der Waals surface area (Å²) in [6.45, 7) is 5.63. The van der Waals surface area contributed by atoms with E-state index in [1.165, 1.54) is 6.20 Å². The van der Waals surface area contributed by atoms with Crippen molar-refractivity contribution in [3.05, 3.63) is 11.9 Å². The second-order valence-corrected chi connectivity index (χ2v) is 6.05. The maximum Gasteiger partial charge on any atom is 0.490 e. The summed E-state index contributed by atoms with van der Waals surface area (Å²) >= 11 is 0. The van der Waals surface area contributed by atoms with Crippen LogP contribution >= 0.6 is 0 Å². The summed E-state index contributed by atoms with van der Waals surface area (Å²) in [6, 6.07) is -0.482. The molecule has 0 aromatic carbocycles. The molecular formula is C15H20F6N4O3. The molecule has 160 valence electrons. The minimum Gasteiger partial charge on any atom is -0.475 e. The number of aromatic nitrogens is 2. The van der Waals surface area contributed by atoms with Crippen LogP contribution in [0.3, 0.4) is 0 Å². The Labute approximate surface area is 156 Å². The largest absolute Gasteiger partial charge is 0.490 e. The van der Waals surface area contributed by atoms with E-state index in [2.05, 4.69) is 15.1 Å². The molecule has 1 aliphatic rings. The van der Waals surface area contributed by atoms with Crippen molar-refractivity contribution >= 4 is 17.6 Å². The molecule has 1 aromatic heterocycles. The zero-order valence-electron chi connectivity index (χ0n) is 15.1. The molecule has 13 heteroatoms. The number of alkyl halides is 6. The molecule has 2 N–H and O–H groups in total. The molecule has 0 bridgehead atoms. The predicted molar refractivity (Wildman–Crippen MR) is 85.7 cm³/mol. The monoisotopic (exact) mass is 418 g/mol. The lowest BCUT2D eigenvalue weighted by molar-refractivity contribution is -0.192. The average Bonchev–Trinajstić information content (AvgIpc) is 3.00. The first-order valence-electron chi connectivity index (χ1n) is 8.21. The molecule has 28 heavy (non-hydrogen) atoms. The Morgan fingerprint density at radius 2 is 1.86 bits per heavy atom. The maximum absolute atomic E-state index is 12.9. The number of aromatic amines is 1. The molecule has 1 aliphatic heterocycles. The van der Waals surface area contributed by atoms with E-state index >= 15 is 0 Å². The summed E-state index contributed by atoms with van der Waals surface area (Å²) < 4.78 is 70.5. The van der Waals surface area contributed by atoms with Gasteiger partial charge in [0, 0.05) is 6.54 Å². The number of halogens is 6. The Bertz CT molecular complexity index is 673.